The number of hydrogen-bond acceptors (Lipinski definition) is 5. The monoisotopic (exact) mass is 368 g/mol. The van der Waals surface area contributed by atoms with Gasteiger partial charge in [-0.15, -0.1) is 11.3 Å². The summed E-state index contributed by atoms with van der Waals surface area (Å²) < 4.78 is 1.92. The Labute approximate surface area is 153 Å². The summed E-state index contributed by atoms with van der Waals surface area (Å²) in [4.78, 5) is 31.0. The number of amides is 2. The number of hydrogen-bond donors (Lipinski definition) is 0. The molecular weight excluding hydrogens is 352 g/mol. The highest BCUT2D eigenvalue weighted by atomic mass is 32.2. The summed E-state index contributed by atoms with van der Waals surface area (Å²) in [7, 11) is 0. The summed E-state index contributed by atoms with van der Waals surface area (Å²) in [6.07, 6.45) is 1.15. The molecule has 126 valence electrons. The molecule has 4 rings (SSSR count). The van der Waals surface area contributed by atoms with Crippen molar-refractivity contribution in [1.82, 2.24) is 4.98 Å². The molecule has 0 saturated carbocycles. The number of rotatable bonds is 4. The van der Waals surface area contributed by atoms with E-state index in [1.807, 2.05) is 48.5 Å². The van der Waals surface area contributed by atoms with Crippen molar-refractivity contribution in [3.63, 3.8) is 0 Å². The van der Waals surface area contributed by atoms with E-state index in [0.717, 1.165) is 21.0 Å². The molecule has 2 aromatic carbocycles. The van der Waals surface area contributed by atoms with Crippen LogP contribution in [0, 0.1) is 0 Å². The molecule has 1 fully saturated rings. The average Bonchev–Trinajstić information content (AvgIpc) is 3.15. The highest BCUT2D eigenvalue weighted by Gasteiger charge is 2.40. The SMILES string of the molecule is CCc1ccc(N2C(=O)CC(Sc3nc4ccccc4s3)C2=O)cc1. The minimum atomic E-state index is -0.404. The number of anilines is 1. The third-order valence-corrected chi connectivity index (χ3v) is 6.54. The van der Waals surface area contributed by atoms with Crippen LogP contribution < -0.4 is 4.90 Å². The fourth-order valence-corrected chi connectivity index (χ4v) is 5.21. The van der Waals surface area contributed by atoms with Crippen LogP contribution in [0.25, 0.3) is 10.2 Å². The number of carbonyl (C=O) groups is 2. The molecule has 0 bridgehead atoms. The Morgan fingerprint density at radius 1 is 1.16 bits per heavy atom. The molecule has 0 N–H and O–H groups in total. The number of fused-ring (bicyclic) bond motifs is 1. The fourth-order valence-electron chi connectivity index (χ4n) is 2.87. The van der Waals surface area contributed by atoms with Gasteiger partial charge in [0.05, 0.1) is 15.9 Å². The lowest BCUT2D eigenvalue weighted by Gasteiger charge is -2.15. The van der Waals surface area contributed by atoms with E-state index in [4.69, 9.17) is 0 Å². The Bertz CT molecular complexity index is 916. The highest BCUT2D eigenvalue weighted by Crippen LogP contribution is 2.37. The van der Waals surface area contributed by atoms with Crippen molar-refractivity contribution in [2.45, 2.75) is 29.4 Å². The number of aromatic nitrogens is 1. The first-order chi connectivity index (χ1) is 12.2. The molecule has 1 aromatic heterocycles. The molecule has 2 amide bonds. The van der Waals surface area contributed by atoms with Crippen LogP contribution in [0.2, 0.25) is 0 Å². The first-order valence-corrected chi connectivity index (χ1v) is 9.83. The Hall–Kier alpha value is -2.18. The van der Waals surface area contributed by atoms with Gasteiger partial charge in [0, 0.05) is 6.42 Å². The summed E-state index contributed by atoms with van der Waals surface area (Å²) in [5.74, 6) is -0.300. The molecule has 4 nitrogen and oxygen atoms in total. The number of imide groups is 1. The van der Waals surface area contributed by atoms with Crippen molar-refractivity contribution in [1.29, 1.82) is 0 Å². The second kappa shape index (κ2) is 6.61. The van der Waals surface area contributed by atoms with Crippen molar-refractivity contribution in [2.24, 2.45) is 0 Å². The quantitative estimate of drug-likeness (QED) is 0.645. The maximum absolute atomic E-state index is 12.8. The number of thiazole rings is 1. The molecule has 0 radical (unpaired) electrons. The molecular formula is C19H16N2O2S2. The van der Waals surface area contributed by atoms with Crippen molar-refractivity contribution in [3.05, 3.63) is 54.1 Å². The Morgan fingerprint density at radius 3 is 2.64 bits per heavy atom. The number of thioether (sulfide) groups is 1. The number of benzene rings is 2. The zero-order valence-corrected chi connectivity index (χ0v) is 15.3. The van der Waals surface area contributed by atoms with E-state index in [-0.39, 0.29) is 18.2 Å². The van der Waals surface area contributed by atoms with E-state index >= 15 is 0 Å². The lowest BCUT2D eigenvalue weighted by atomic mass is 10.1. The van der Waals surface area contributed by atoms with E-state index in [9.17, 15) is 9.59 Å². The van der Waals surface area contributed by atoms with Gasteiger partial charge in [0.25, 0.3) is 0 Å². The molecule has 0 aliphatic carbocycles. The number of aryl methyl sites for hydroxylation is 1. The Balaban J connectivity index is 1.55. The van der Waals surface area contributed by atoms with E-state index in [1.54, 1.807) is 11.3 Å². The molecule has 0 spiro atoms. The van der Waals surface area contributed by atoms with Gasteiger partial charge in [0.1, 0.15) is 5.25 Å². The minimum absolute atomic E-state index is 0.146. The smallest absolute Gasteiger partial charge is 0.247 e. The van der Waals surface area contributed by atoms with E-state index in [1.165, 1.54) is 22.2 Å². The maximum Gasteiger partial charge on any atom is 0.247 e. The van der Waals surface area contributed by atoms with Crippen molar-refractivity contribution < 1.29 is 9.59 Å². The van der Waals surface area contributed by atoms with Crippen LogP contribution in [0.5, 0.6) is 0 Å². The summed E-state index contributed by atoms with van der Waals surface area (Å²) >= 11 is 2.95. The molecule has 1 aliphatic rings. The topological polar surface area (TPSA) is 50.3 Å². The van der Waals surface area contributed by atoms with Crippen LogP contribution in [-0.4, -0.2) is 22.0 Å². The van der Waals surface area contributed by atoms with Crippen molar-refractivity contribution in [2.75, 3.05) is 4.90 Å². The molecule has 1 saturated heterocycles. The molecule has 1 unspecified atom stereocenters. The predicted molar refractivity (Wildman–Crippen MR) is 102 cm³/mol. The second-order valence-electron chi connectivity index (χ2n) is 5.85. The van der Waals surface area contributed by atoms with Gasteiger partial charge in [-0.25, -0.2) is 9.88 Å². The van der Waals surface area contributed by atoms with Crippen LogP contribution in [0.3, 0.4) is 0 Å². The molecule has 6 heteroatoms. The standard InChI is InChI=1S/C19H16N2O2S2/c1-2-12-7-9-13(10-8-12)21-17(22)11-16(18(21)23)25-19-20-14-5-3-4-6-15(14)24-19/h3-10,16H,2,11H2,1H3. The molecule has 3 aromatic rings. The fraction of sp³-hybridized carbons (Fsp3) is 0.211. The molecule has 1 aliphatic heterocycles. The summed E-state index contributed by atoms with van der Waals surface area (Å²) in [6.45, 7) is 2.08. The third kappa shape index (κ3) is 3.07. The van der Waals surface area contributed by atoms with Crippen LogP contribution in [0.15, 0.2) is 52.9 Å². The third-order valence-electron chi connectivity index (χ3n) is 4.23. The summed E-state index contributed by atoms with van der Waals surface area (Å²) in [5, 5.41) is -0.404. The lowest BCUT2D eigenvalue weighted by molar-refractivity contribution is -0.121. The number of nitrogens with zero attached hydrogens (tertiary/aromatic N) is 2. The van der Waals surface area contributed by atoms with E-state index in [0.29, 0.717) is 5.69 Å². The van der Waals surface area contributed by atoms with Gasteiger partial charge in [0.2, 0.25) is 11.8 Å². The minimum Gasteiger partial charge on any atom is -0.274 e. The normalized spacial score (nSPS) is 17.6. The lowest BCUT2D eigenvalue weighted by Crippen LogP contribution is -2.31. The van der Waals surface area contributed by atoms with Crippen molar-refractivity contribution >= 4 is 50.8 Å². The molecule has 1 atom stereocenters. The second-order valence-corrected chi connectivity index (χ2v) is 8.33. The van der Waals surface area contributed by atoms with Crippen LogP contribution in [0.1, 0.15) is 18.9 Å². The number of para-hydroxylation sites is 1. The largest absolute Gasteiger partial charge is 0.274 e. The van der Waals surface area contributed by atoms with Gasteiger partial charge in [-0.1, -0.05) is 43.0 Å². The molecule has 2 heterocycles. The average molecular weight is 368 g/mol. The van der Waals surface area contributed by atoms with Crippen LogP contribution >= 0.6 is 23.1 Å². The number of carbonyl (C=O) groups excluding carboxylic acids is 2. The van der Waals surface area contributed by atoms with Gasteiger partial charge in [-0.3, -0.25) is 9.59 Å². The van der Waals surface area contributed by atoms with E-state index < -0.39 is 5.25 Å². The summed E-state index contributed by atoms with van der Waals surface area (Å²) in [5.41, 5.74) is 2.77. The Kier molecular flexibility index (Phi) is 4.31. The van der Waals surface area contributed by atoms with E-state index in [2.05, 4.69) is 11.9 Å². The highest BCUT2D eigenvalue weighted by molar-refractivity contribution is 8.02. The van der Waals surface area contributed by atoms with Gasteiger partial charge in [0.15, 0.2) is 4.34 Å². The molecule has 25 heavy (non-hydrogen) atoms. The van der Waals surface area contributed by atoms with Crippen molar-refractivity contribution in [3.8, 4) is 0 Å². The van der Waals surface area contributed by atoms with Gasteiger partial charge < -0.3 is 0 Å². The zero-order chi connectivity index (χ0) is 17.4. The first kappa shape index (κ1) is 16.3. The predicted octanol–water partition coefficient (Wildman–Crippen LogP) is 4.28. The van der Waals surface area contributed by atoms with Crippen LogP contribution in [-0.2, 0) is 16.0 Å². The van der Waals surface area contributed by atoms with Gasteiger partial charge in [-0.05, 0) is 36.2 Å². The Morgan fingerprint density at radius 2 is 1.92 bits per heavy atom. The maximum atomic E-state index is 12.8. The first-order valence-electron chi connectivity index (χ1n) is 8.13. The van der Waals surface area contributed by atoms with Gasteiger partial charge >= 0.3 is 0 Å². The summed E-state index contributed by atoms with van der Waals surface area (Å²) in [6, 6.07) is 15.5. The van der Waals surface area contributed by atoms with Gasteiger partial charge in [-0.2, -0.15) is 0 Å². The zero-order valence-electron chi connectivity index (χ0n) is 13.6. The van der Waals surface area contributed by atoms with Crippen LogP contribution in [0.4, 0.5) is 5.69 Å².